The quantitative estimate of drug-likeness (QED) is 0.372. The van der Waals surface area contributed by atoms with Gasteiger partial charge in [-0.15, -0.1) is 0 Å². The lowest BCUT2D eigenvalue weighted by atomic mass is 9.99. The minimum absolute atomic E-state index is 0.0875. The van der Waals surface area contributed by atoms with Gasteiger partial charge in [-0.25, -0.2) is 9.97 Å². The van der Waals surface area contributed by atoms with E-state index in [1.54, 1.807) is 18.6 Å². The second-order valence-corrected chi connectivity index (χ2v) is 9.13. The summed E-state index contributed by atoms with van der Waals surface area (Å²) in [5, 5.41) is 2.93. The number of morpholine rings is 1. The number of aryl methyl sites for hydroxylation is 1. The van der Waals surface area contributed by atoms with Crippen molar-refractivity contribution in [2.24, 2.45) is 0 Å². The van der Waals surface area contributed by atoms with Gasteiger partial charge in [0.25, 0.3) is 5.91 Å². The molecule has 2 aromatic heterocycles. The molecule has 0 bridgehead atoms. The standard InChI is InChI=1S/C23H24IN7O2/c24-31-7-1-2-16-12-15(3-4-19(16)31)17-14-27-22(25)21(28-17)23(32)29-18-13-26-6-5-20(18)30-8-10-33-11-9-30/h3-6,12-14H,1-2,7-11H2,(H2,25,27)(H,29,32). The zero-order chi connectivity index (χ0) is 22.8. The minimum atomic E-state index is -0.416. The number of anilines is 4. The summed E-state index contributed by atoms with van der Waals surface area (Å²) in [7, 11) is 0. The Bertz CT molecular complexity index is 1180. The molecule has 0 unspecified atom stereocenters. The van der Waals surface area contributed by atoms with Crippen molar-refractivity contribution in [3.63, 3.8) is 0 Å². The van der Waals surface area contributed by atoms with Gasteiger partial charge in [-0.3, -0.25) is 9.78 Å². The fourth-order valence-corrected chi connectivity index (χ4v) is 4.97. The lowest BCUT2D eigenvalue weighted by molar-refractivity contribution is 0.102. The van der Waals surface area contributed by atoms with Crippen LogP contribution in [0.25, 0.3) is 11.3 Å². The maximum atomic E-state index is 13.2. The van der Waals surface area contributed by atoms with E-state index in [1.165, 1.54) is 11.3 Å². The first-order valence-electron chi connectivity index (χ1n) is 10.9. The number of pyridine rings is 1. The highest BCUT2D eigenvalue weighted by Gasteiger charge is 2.21. The fourth-order valence-electron chi connectivity index (χ4n) is 4.16. The van der Waals surface area contributed by atoms with Crippen molar-refractivity contribution >= 4 is 51.7 Å². The number of hydrogen-bond acceptors (Lipinski definition) is 8. The third-order valence-electron chi connectivity index (χ3n) is 5.85. The van der Waals surface area contributed by atoms with Crippen LogP contribution in [0.2, 0.25) is 0 Å². The second kappa shape index (κ2) is 9.48. The van der Waals surface area contributed by atoms with Crippen molar-refractivity contribution in [2.45, 2.75) is 12.8 Å². The number of nitrogen functional groups attached to an aromatic ring is 1. The van der Waals surface area contributed by atoms with Crippen molar-refractivity contribution in [3.8, 4) is 11.3 Å². The van der Waals surface area contributed by atoms with Crippen LogP contribution in [-0.2, 0) is 11.2 Å². The average molecular weight is 557 g/mol. The summed E-state index contributed by atoms with van der Waals surface area (Å²) >= 11 is 2.34. The largest absolute Gasteiger partial charge is 0.382 e. The monoisotopic (exact) mass is 557 g/mol. The number of nitrogens with two attached hydrogens (primary N) is 1. The number of carbonyl (C=O) groups is 1. The molecule has 0 radical (unpaired) electrons. The molecule has 2 aliphatic rings. The van der Waals surface area contributed by atoms with E-state index in [2.05, 4.69) is 63.3 Å². The summed E-state index contributed by atoms with van der Waals surface area (Å²) < 4.78 is 7.67. The predicted molar refractivity (Wildman–Crippen MR) is 137 cm³/mol. The van der Waals surface area contributed by atoms with Gasteiger partial charge in [0.15, 0.2) is 11.5 Å². The smallest absolute Gasteiger partial charge is 0.278 e. The summed E-state index contributed by atoms with van der Waals surface area (Å²) in [4.78, 5) is 28.3. The van der Waals surface area contributed by atoms with Gasteiger partial charge in [-0.2, -0.15) is 0 Å². The molecular weight excluding hydrogens is 533 g/mol. The third kappa shape index (κ3) is 4.58. The SMILES string of the molecule is Nc1ncc(-c2ccc3c(c2)CCCN3I)nc1C(=O)Nc1cnccc1N1CCOCC1. The number of hydrogen-bond donors (Lipinski definition) is 2. The topological polar surface area (TPSA) is 110 Å². The van der Waals surface area contributed by atoms with E-state index in [0.29, 0.717) is 24.6 Å². The predicted octanol–water partition coefficient (Wildman–Crippen LogP) is 3.31. The Morgan fingerprint density at radius 3 is 2.82 bits per heavy atom. The van der Waals surface area contributed by atoms with E-state index in [1.807, 2.05) is 12.1 Å². The number of aromatic nitrogens is 3. The van der Waals surface area contributed by atoms with Crippen LogP contribution in [0.5, 0.6) is 0 Å². The van der Waals surface area contributed by atoms with Crippen LogP contribution >= 0.6 is 22.9 Å². The van der Waals surface area contributed by atoms with Crippen LogP contribution in [-0.4, -0.2) is 53.7 Å². The number of carbonyl (C=O) groups excluding carboxylic acids is 1. The van der Waals surface area contributed by atoms with E-state index in [4.69, 9.17) is 10.5 Å². The average Bonchev–Trinajstić information content (AvgIpc) is 2.85. The van der Waals surface area contributed by atoms with Gasteiger partial charge in [0.05, 0.1) is 65.5 Å². The van der Waals surface area contributed by atoms with Gasteiger partial charge < -0.3 is 23.8 Å². The van der Waals surface area contributed by atoms with E-state index < -0.39 is 5.91 Å². The lowest BCUT2D eigenvalue weighted by Gasteiger charge is -2.30. The molecule has 10 heteroatoms. The molecule has 1 aromatic carbocycles. The van der Waals surface area contributed by atoms with Crippen LogP contribution in [0.1, 0.15) is 22.5 Å². The highest BCUT2D eigenvalue weighted by Crippen LogP contribution is 2.33. The Morgan fingerprint density at radius 2 is 1.97 bits per heavy atom. The van der Waals surface area contributed by atoms with Gasteiger partial charge in [0.2, 0.25) is 0 Å². The van der Waals surface area contributed by atoms with Crippen LogP contribution in [0.3, 0.4) is 0 Å². The van der Waals surface area contributed by atoms with E-state index in [9.17, 15) is 4.79 Å². The summed E-state index contributed by atoms with van der Waals surface area (Å²) in [5.41, 5.74) is 11.7. The van der Waals surface area contributed by atoms with Gasteiger partial charge in [-0.1, -0.05) is 6.07 Å². The van der Waals surface area contributed by atoms with E-state index >= 15 is 0 Å². The molecule has 2 aliphatic heterocycles. The van der Waals surface area contributed by atoms with Crippen molar-refractivity contribution in [2.75, 3.05) is 51.9 Å². The molecular formula is C23H24IN7O2. The fraction of sp³-hybridized carbons (Fsp3) is 0.304. The van der Waals surface area contributed by atoms with Crippen molar-refractivity contribution < 1.29 is 9.53 Å². The highest BCUT2D eigenvalue weighted by atomic mass is 127. The molecule has 33 heavy (non-hydrogen) atoms. The Hall–Kier alpha value is -2.99. The molecule has 0 atom stereocenters. The first kappa shape index (κ1) is 21.8. The zero-order valence-corrected chi connectivity index (χ0v) is 20.2. The number of rotatable bonds is 4. The third-order valence-corrected chi connectivity index (χ3v) is 6.85. The number of halogens is 1. The van der Waals surface area contributed by atoms with Crippen molar-refractivity contribution in [3.05, 3.63) is 54.1 Å². The maximum absolute atomic E-state index is 13.2. The van der Waals surface area contributed by atoms with Gasteiger partial charge in [0.1, 0.15) is 0 Å². The van der Waals surface area contributed by atoms with Crippen LogP contribution < -0.4 is 19.1 Å². The van der Waals surface area contributed by atoms with E-state index in [0.717, 1.165) is 43.7 Å². The number of nitrogens with one attached hydrogen (secondary N) is 1. The van der Waals surface area contributed by atoms with Gasteiger partial charge in [-0.05, 0) is 36.6 Å². The Kier molecular flexibility index (Phi) is 6.27. The molecule has 4 heterocycles. The number of benzene rings is 1. The van der Waals surface area contributed by atoms with Crippen LogP contribution in [0.15, 0.2) is 42.9 Å². The minimum Gasteiger partial charge on any atom is -0.382 e. The Morgan fingerprint density at radius 1 is 1.12 bits per heavy atom. The molecule has 1 fully saturated rings. The Labute approximate surface area is 205 Å². The number of ether oxygens (including phenoxy) is 1. The first-order chi connectivity index (χ1) is 16.1. The van der Waals surface area contributed by atoms with Gasteiger partial charge >= 0.3 is 0 Å². The molecule has 5 rings (SSSR count). The van der Waals surface area contributed by atoms with Crippen molar-refractivity contribution in [1.82, 2.24) is 15.0 Å². The number of fused-ring (bicyclic) bond motifs is 1. The summed E-state index contributed by atoms with van der Waals surface area (Å²) in [6, 6.07) is 8.11. The molecule has 9 nitrogen and oxygen atoms in total. The summed E-state index contributed by atoms with van der Waals surface area (Å²) in [6.45, 7) is 3.83. The zero-order valence-electron chi connectivity index (χ0n) is 18.0. The van der Waals surface area contributed by atoms with Crippen LogP contribution in [0, 0.1) is 0 Å². The number of amides is 1. The molecule has 1 amide bonds. The molecule has 0 aliphatic carbocycles. The normalized spacial score (nSPS) is 15.8. The first-order valence-corrected chi connectivity index (χ1v) is 11.8. The molecule has 170 valence electrons. The van der Waals surface area contributed by atoms with Crippen LogP contribution in [0.4, 0.5) is 22.9 Å². The maximum Gasteiger partial charge on any atom is 0.278 e. The number of nitrogens with zero attached hydrogens (tertiary/aromatic N) is 5. The summed E-state index contributed by atoms with van der Waals surface area (Å²) in [6.07, 6.45) is 7.08. The molecule has 1 saturated heterocycles. The lowest BCUT2D eigenvalue weighted by Crippen LogP contribution is -2.36. The molecule has 3 aromatic rings. The summed E-state index contributed by atoms with van der Waals surface area (Å²) in [5.74, 6) is -0.329. The second-order valence-electron chi connectivity index (χ2n) is 7.97. The Balaban J connectivity index is 1.42. The molecule has 0 saturated carbocycles. The highest BCUT2D eigenvalue weighted by molar-refractivity contribution is 14.1. The van der Waals surface area contributed by atoms with Crippen molar-refractivity contribution in [1.29, 1.82) is 0 Å². The van der Waals surface area contributed by atoms with Gasteiger partial charge in [0, 0.05) is 37.1 Å². The van der Waals surface area contributed by atoms with E-state index in [-0.39, 0.29) is 11.5 Å². The molecule has 3 N–H and O–H groups in total. The molecule has 0 spiro atoms.